The summed E-state index contributed by atoms with van der Waals surface area (Å²) in [6, 6.07) is 1.94. The maximum absolute atomic E-state index is 8.24. The third-order valence-corrected chi connectivity index (χ3v) is 0.811. The fourth-order valence-corrected chi connectivity index (χ4v) is 0.464. The van der Waals surface area contributed by atoms with Crippen molar-refractivity contribution in [1.29, 1.82) is 5.26 Å². The largest absolute Gasteiger partial charge is 0.309 e. The van der Waals surface area contributed by atoms with Crippen LogP contribution in [0.3, 0.4) is 0 Å². The van der Waals surface area contributed by atoms with Crippen LogP contribution in [-0.4, -0.2) is 12.1 Å². The van der Waals surface area contributed by atoms with Crippen molar-refractivity contribution in [3.8, 4) is 6.07 Å². The van der Waals surface area contributed by atoms with Crippen molar-refractivity contribution in [2.45, 2.75) is 0 Å². The van der Waals surface area contributed by atoms with E-state index in [0.29, 0.717) is 5.70 Å². The average Bonchev–Trinajstić information content (AvgIpc) is 2.14. The highest BCUT2D eigenvalue weighted by Gasteiger charge is 2.06. The Kier molecular flexibility index (Phi) is 1.18. The molecule has 8 heavy (non-hydrogen) atoms. The first kappa shape index (κ1) is 5.13. The van der Waals surface area contributed by atoms with Crippen LogP contribution in [0.25, 0.3) is 0 Å². The number of rotatable bonds is 0. The van der Waals surface area contributed by atoms with Crippen molar-refractivity contribution >= 4 is 0 Å². The Morgan fingerprint density at radius 1 is 2.00 bits per heavy atom. The number of likely N-dealkylation sites (N-methyl/N-ethyl adjacent to an activating group) is 1. The van der Waals surface area contributed by atoms with E-state index in [9.17, 15) is 0 Å². The smallest absolute Gasteiger partial charge is 0.126 e. The van der Waals surface area contributed by atoms with Gasteiger partial charge in [0.1, 0.15) is 18.3 Å². The maximum Gasteiger partial charge on any atom is 0.126 e. The van der Waals surface area contributed by atoms with E-state index in [1.54, 1.807) is 18.1 Å². The van der Waals surface area contributed by atoms with Crippen LogP contribution < -0.4 is 5.43 Å². The average molecular weight is 107 g/mol. The molecule has 1 N–H and O–H groups in total. The minimum atomic E-state index is 0.535. The number of nitrogens with one attached hydrogen (secondary N) is 1. The molecule has 1 heterocycles. The molecule has 1 aliphatic rings. The summed E-state index contributed by atoms with van der Waals surface area (Å²) in [5.74, 6) is 0. The number of hydrazine groups is 1. The molecular weight excluding hydrogens is 102 g/mol. The van der Waals surface area contributed by atoms with E-state index in [4.69, 9.17) is 5.26 Å². The van der Waals surface area contributed by atoms with Gasteiger partial charge in [-0.25, -0.2) is 5.01 Å². The third-order valence-electron chi connectivity index (χ3n) is 0.811. The quantitative estimate of drug-likeness (QED) is 0.469. The molecule has 0 aromatic rings. The van der Waals surface area contributed by atoms with Crippen molar-refractivity contribution in [2.24, 2.45) is 0 Å². The van der Waals surface area contributed by atoms with Crippen LogP contribution in [-0.2, 0) is 0 Å². The molecule has 1 rings (SSSR count). The van der Waals surface area contributed by atoms with Gasteiger partial charge >= 0.3 is 0 Å². The number of allylic oxidation sites excluding steroid dienone is 1. The van der Waals surface area contributed by atoms with Gasteiger partial charge in [0.2, 0.25) is 0 Å². The first-order valence-electron chi connectivity index (χ1n) is 2.20. The standard InChI is InChI=1S/C5H5N3/c1-8-3-2-5(4-6)7-8/h2,7H,1H3. The van der Waals surface area contributed by atoms with Crippen LogP contribution in [0.15, 0.2) is 11.8 Å². The van der Waals surface area contributed by atoms with Gasteiger partial charge in [-0.15, -0.1) is 0 Å². The summed E-state index contributed by atoms with van der Waals surface area (Å²) < 4.78 is 0. The first-order chi connectivity index (χ1) is 3.83. The predicted octanol–water partition coefficient (Wildman–Crippen LogP) is -0.117. The van der Waals surface area contributed by atoms with Gasteiger partial charge in [0.15, 0.2) is 0 Å². The Morgan fingerprint density at radius 2 is 2.75 bits per heavy atom. The predicted molar refractivity (Wildman–Crippen MR) is 27.8 cm³/mol. The topological polar surface area (TPSA) is 39.1 Å². The molecule has 0 aliphatic carbocycles. The van der Waals surface area contributed by atoms with E-state index in [1.807, 2.05) is 6.07 Å². The molecule has 0 unspecified atom stereocenters. The molecule has 0 atom stereocenters. The van der Waals surface area contributed by atoms with E-state index in [-0.39, 0.29) is 0 Å². The summed E-state index contributed by atoms with van der Waals surface area (Å²) >= 11 is 0. The van der Waals surface area contributed by atoms with Crippen LogP contribution in [0, 0.1) is 17.9 Å². The Bertz CT molecular complexity index is 154. The van der Waals surface area contributed by atoms with Crippen LogP contribution >= 0.6 is 0 Å². The van der Waals surface area contributed by atoms with E-state index < -0.39 is 0 Å². The summed E-state index contributed by atoms with van der Waals surface area (Å²) in [6.45, 7) is 2.76. The van der Waals surface area contributed by atoms with E-state index in [2.05, 4.69) is 12.0 Å². The zero-order chi connectivity index (χ0) is 5.98. The van der Waals surface area contributed by atoms with Gasteiger partial charge in [0.25, 0.3) is 0 Å². The minimum Gasteiger partial charge on any atom is -0.309 e. The summed E-state index contributed by atoms with van der Waals surface area (Å²) in [4.78, 5) is 0. The third kappa shape index (κ3) is 0.796. The Hall–Kier alpha value is -1.01. The molecule has 3 heteroatoms. The summed E-state index contributed by atoms with van der Waals surface area (Å²) in [5, 5.41) is 9.83. The molecule has 0 bridgehead atoms. The highest BCUT2D eigenvalue weighted by atomic mass is 15.5. The van der Waals surface area contributed by atoms with Crippen LogP contribution in [0.1, 0.15) is 0 Å². The van der Waals surface area contributed by atoms with Crippen LogP contribution in [0.5, 0.6) is 0 Å². The van der Waals surface area contributed by atoms with Gasteiger partial charge < -0.3 is 5.43 Å². The van der Waals surface area contributed by atoms with Gasteiger partial charge in [-0.1, -0.05) is 0 Å². The lowest BCUT2D eigenvalue weighted by Crippen LogP contribution is -2.24. The molecule has 0 aromatic carbocycles. The molecule has 1 aliphatic heterocycles. The lowest BCUT2D eigenvalue weighted by atomic mass is 10.5. The highest BCUT2D eigenvalue weighted by molar-refractivity contribution is 5.24. The lowest BCUT2D eigenvalue weighted by Gasteiger charge is -2.05. The van der Waals surface area contributed by atoms with Gasteiger partial charge in [-0.05, 0) is 6.08 Å². The molecule has 0 amide bonds. The second-order valence-electron chi connectivity index (χ2n) is 1.47. The lowest BCUT2D eigenvalue weighted by molar-refractivity contribution is 0.371. The summed E-state index contributed by atoms with van der Waals surface area (Å²) in [7, 11) is 1.78. The van der Waals surface area contributed by atoms with Crippen molar-refractivity contribution < 1.29 is 0 Å². The van der Waals surface area contributed by atoms with Gasteiger partial charge in [-0.2, -0.15) is 5.26 Å². The number of nitriles is 1. The van der Waals surface area contributed by atoms with Crippen molar-refractivity contribution in [3.05, 3.63) is 18.3 Å². The first-order valence-corrected chi connectivity index (χ1v) is 2.20. The zero-order valence-corrected chi connectivity index (χ0v) is 4.47. The summed E-state index contributed by atoms with van der Waals surface area (Å²) in [5.41, 5.74) is 3.26. The zero-order valence-electron chi connectivity index (χ0n) is 4.47. The molecular formula is C5H5N3. The Labute approximate surface area is 48.2 Å². The monoisotopic (exact) mass is 107 g/mol. The molecule has 2 radical (unpaired) electrons. The molecule has 3 nitrogen and oxygen atoms in total. The maximum atomic E-state index is 8.24. The van der Waals surface area contributed by atoms with E-state index >= 15 is 0 Å². The number of hydrogen-bond acceptors (Lipinski definition) is 3. The fourth-order valence-electron chi connectivity index (χ4n) is 0.464. The minimum absolute atomic E-state index is 0.535. The second kappa shape index (κ2) is 1.85. The normalized spacial score (nSPS) is 19.2. The van der Waals surface area contributed by atoms with E-state index in [1.165, 1.54) is 0 Å². The van der Waals surface area contributed by atoms with Crippen molar-refractivity contribution in [2.75, 3.05) is 7.05 Å². The van der Waals surface area contributed by atoms with E-state index in [0.717, 1.165) is 0 Å². The molecule has 0 saturated carbocycles. The molecule has 40 valence electrons. The molecule has 0 fully saturated rings. The fraction of sp³-hybridized carbons (Fsp3) is 0.200. The van der Waals surface area contributed by atoms with Gasteiger partial charge in [0.05, 0.1) is 0 Å². The molecule has 0 aromatic heterocycles. The molecule has 0 saturated heterocycles. The van der Waals surface area contributed by atoms with Crippen LogP contribution in [0.2, 0.25) is 0 Å². The van der Waals surface area contributed by atoms with Crippen LogP contribution in [0.4, 0.5) is 0 Å². The number of nitrogens with zero attached hydrogens (tertiary/aromatic N) is 2. The Balaban J connectivity index is 2.53. The van der Waals surface area contributed by atoms with Gasteiger partial charge in [0, 0.05) is 7.05 Å². The van der Waals surface area contributed by atoms with Crippen molar-refractivity contribution in [1.82, 2.24) is 10.4 Å². The van der Waals surface area contributed by atoms with Gasteiger partial charge in [-0.3, -0.25) is 0 Å². The van der Waals surface area contributed by atoms with Crippen molar-refractivity contribution in [3.63, 3.8) is 0 Å². The second-order valence-corrected chi connectivity index (χ2v) is 1.47. The SMILES string of the molecule is CN1[C]C=C(C#N)N1. The Morgan fingerprint density at radius 3 is 3.00 bits per heavy atom. The molecule has 0 spiro atoms. The number of hydrogen-bond donors (Lipinski definition) is 1. The highest BCUT2D eigenvalue weighted by Crippen LogP contribution is 2.00. The summed E-state index contributed by atoms with van der Waals surface area (Å²) in [6.07, 6.45) is 1.60.